The van der Waals surface area contributed by atoms with Gasteiger partial charge in [-0.2, -0.15) is 0 Å². The van der Waals surface area contributed by atoms with Gasteiger partial charge in [0.2, 0.25) is 5.91 Å². The van der Waals surface area contributed by atoms with E-state index >= 15 is 0 Å². The first kappa shape index (κ1) is 13.3. The van der Waals surface area contributed by atoms with Crippen molar-refractivity contribution in [3.05, 3.63) is 0 Å². The molecule has 2 rings (SSSR count). The molecule has 0 radical (unpaired) electrons. The lowest BCUT2D eigenvalue weighted by molar-refractivity contribution is -0.150. The second-order valence-corrected chi connectivity index (χ2v) is 4.80. The lowest BCUT2D eigenvalue weighted by atomic mass is 9.97. The predicted octanol–water partition coefficient (Wildman–Crippen LogP) is -1.19. The van der Waals surface area contributed by atoms with Gasteiger partial charge in [0.1, 0.15) is 5.54 Å². The molecule has 2 aliphatic rings. The van der Waals surface area contributed by atoms with Crippen molar-refractivity contribution in [2.24, 2.45) is 5.73 Å². The molecule has 7 nitrogen and oxygen atoms in total. The quantitative estimate of drug-likeness (QED) is 0.659. The van der Waals surface area contributed by atoms with Crippen LogP contribution in [0.5, 0.6) is 0 Å². The minimum Gasteiger partial charge on any atom is -0.481 e. The summed E-state index contributed by atoms with van der Waals surface area (Å²) in [4.78, 5) is 24.5. The van der Waals surface area contributed by atoms with Gasteiger partial charge in [0.15, 0.2) is 0 Å². The highest BCUT2D eigenvalue weighted by Crippen LogP contribution is 2.20. The number of ether oxygens (including phenoxy) is 2. The van der Waals surface area contributed by atoms with Gasteiger partial charge in [-0.3, -0.25) is 9.59 Å². The molecule has 0 saturated carbocycles. The van der Waals surface area contributed by atoms with Gasteiger partial charge in [-0.25, -0.2) is 0 Å². The fraction of sp³-hybridized carbons (Fsp3) is 0.818. The van der Waals surface area contributed by atoms with Crippen molar-refractivity contribution >= 4 is 11.9 Å². The monoisotopic (exact) mass is 258 g/mol. The van der Waals surface area contributed by atoms with E-state index < -0.39 is 17.6 Å². The van der Waals surface area contributed by atoms with Gasteiger partial charge in [-0.15, -0.1) is 0 Å². The van der Waals surface area contributed by atoms with Crippen LogP contribution in [0.15, 0.2) is 0 Å². The van der Waals surface area contributed by atoms with Crippen molar-refractivity contribution in [1.29, 1.82) is 0 Å². The molecule has 0 aromatic carbocycles. The molecule has 0 spiro atoms. The van der Waals surface area contributed by atoms with Gasteiger partial charge in [-0.1, -0.05) is 0 Å². The van der Waals surface area contributed by atoms with Crippen molar-refractivity contribution in [3.63, 3.8) is 0 Å². The molecule has 0 aromatic rings. The highest BCUT2D eigenvalue weighted by atomic mass is 16.5. The van der Waals surface area contributed by atoms with E-state index in [9.17, 15) is 9.59 Å². The highest BCUT2D eigenvalue weighted by Gasteiger charge is 2.42. The number of nitrogens with zero attached hydrogens (tertiary/aromatic N) is 1. The maximum atomic E-state index is 12.3. The molecule has 2 unspecified atom stereocenters. The van der Waals surface area contributed by atoms with Crippen LogP contribution in [0.4, 0.5) is 0 Å². The van der Waals surface area contributed by atoms with Crippen molar-refractivity contribution in [2.75, 3.05) is 32.9 Å². The Balaban J connectivity index is 1.95. The van der Waals surface area contributed by atoms with E-state index in [0.29, 0.717) is 26.2 Å². The largest absolute Gasteiger partial charge is 0.481 e. The molecular formula is C11H18N2O5. The zero-order valence-corrected chi connectivity index (χ0v) is 10.1. The van der Waals surface area contributed by atoms with Crippen LogP contribution in [0.2, 0.25) is 0 Å². The van der Waals surface area contributed by atoms with E-state index in [4.69, 9.17) is 20.3 Å². The molecule has 7 heteroatoms. The molecule has 1 amide bonds. The summed E-state index contributed by atoms with van der Waals surface area (Å²) in [5, 5.41) is 8.72. The van der Waals surface area contributed by atoms with E-state index in [1.807, 2.05) is 0 Å². The molecule has 0 bridgehead atoms. The fourth-order valence-corrected chi connectivity index (χ4v) is 2.29. The third-order valence-electron chi connectivity index (χ3n) is 3.31. The number of rotatable bonds is 3. The SMILES string of the molecule is NC1(C(=O)N2CCOC(CC(=O)O)C2)CCOC1. The van der Waals surface area contributed by atoms with Gasteiger partial charge in [0, 0.05) is 19.7 Å². The lowest BCUT2D eigenvalue weighted by Gasteiger charge is -2.36. The number of aliphatic carboxylic acids is 1. The highest BCUT2D eigenvalue weighted by molar-refractivity contribution is 5.86. The molecule has 2 fully saturated rings. The number of carboxylic acids is 1. The first-order valence-electron chi connectivity index (χ1n) is 6.01. The Hall–Kier alpha value is -1.18. The topological polar surface area (TPSA) is 102 Å². The second-order valence-electron chi connectivity index (χ2n) is 4.80. The Morgan fingerprint density at radius 1 is 1.44 bits per heavy atom. The van der Waals surface area contributed by atoms with Crippen molar-refractivity contribution in [1.82, 2.24) is 4.90 Å². The van der Waals surface area contributed by atoms with Crippen LogP contribution < -0.4 is 5.73 Å². The summed E-state index contributed by atoms with van der Waals surface area (Å²) in [6.45, 7) is 1.80. The number of carbonyl (C=O) groups excluding carboxylic acids is 1. The minimum absolute atomic E-state index is 0.0994. The average Bonchev–Trinajstić information content (AvgIpc) is 2.76. The maximum absolute atomic E-state index is 12.3. The summed E-state index contributed by atoms with van der Waals surface area (Å²) in [5.41, 5.74) is 5.05. The first-order valence-corrected chi connectivity index (χ1v) is 6.01. The van der Waals surface area contributed by atoms with E-state index in [-0.39, 0.29) is 25.5 Å². The number of morpholine rings is 1. The van der Waals surface area contributed by atoms with Crippen LogP contribution in [0.3, 0.4) is 0 Å². The first-order chi connectivity index (χ1) is 8.51. The number of hydrogen-bond acceptors (Lipinski definition) is 5. The standard InChI is InChI=1S/C11H18N2O5/c12-11(1-3-17-7-11)10(16)13-2-4-18-8(6-13)5-9(14)15/h8H,1-7,12H2,(H,14,15). The number of carbonyl (C=O) groups is 2. The zero-order chi connectivity index (χ0) is 13.2. The van der Waals surface area contributed by atoms with Crippen LogP contribution in [0.25, 0.3) is 0 Å². The number of amides is 1. The molecule has 102 valence electrons. The smallest absolute Gasteiger partial charge is 0.306 e. The van der Waals surface area contributed by atoms with E-state index in [1.54, 1.807) is 4.90 Å². The van der Waals surface area contributed by atoms with Crippen molar-refractivity contribution in [2.45, 2.75) is 24.5 Å². The van der Waals surface area contributed by atoms with E-state index in [1.165, 1.54) is 0 Å². The molecule has 2 aliphatic heterocycles. The average molecular weight is 258 g/mol. The van der Waals surface area contributed by atoms with Crippen LogP contribution in [0, 0.1) is 0 Å². The zero-order valence-electron chi connectivity index (χ0n) is 10.1. The second kappa shape index (κ2) is 5.21. The van der Waals surface area contributed by atoms with Gasteiger partial charge in [0.25, 0.3) is 0 Å². The van der Waals surface area contributed by atoms with Crippen LogP contribution in [-0.4, -0.2) is 66.4 Å². The fourth-order valence-electron chi connectivity index (χ4n) is 2.29. The van der Waals surface area contributed by atoms with E-state index in [2.05, 4.69) is 0 Å². The number of carboxylic acid groups (broad SMARTS) is 1. The van der Waals surface area contributed by atoms with Crippen LogP contribution in [-0.2, 0) is 19.1 Å². The van der Waals surface area contributed by atoms with Gasteiger partial charge in [-0.05, 0) is 6.42 Å². The Kier molecular flexibility index (Phi) is 3.84. The molecule has 0 aromatic heterocycles. The van der Waals surface area contributed by atoms with Gasteiger partial charge in [0.05, 0.1) is 25.7 Å². The summed E-state index contributed by atoms with van der Waals surface area (Å²) in [5.74, 6) is -1.10. The van der Waals surface area contributed by atoms with E-state index in [0.717, 1.165) is 0 Å². The third kappa shape index (κ3) is 2.80. The minimum atomic E-state index is -0.953. The molecule has 18 heavy (non-hydrogen) atoms. The Labute approximate surface area is 105 Å². The number of nitrogens with two attached hydrogens (primary N) is 1. The third-order valence-corrected chi connectivity index (χ3v) is 3.31. The summed E-state index contributed by atoms with van der Waals surface area (Å²) in [6, 6.07) is 0. The van der Waals surface area contributed by atoms with Crippen LogP contribution >= 0.6 is 0 Å². The molecule has 2 saturated heterocycles. The summed E-state index contributed by atoms with van der Waals surface area (Å²) >= 11 is 0. The Morgan fingerprint density at radius 2 is 2.22 bits per heavy atom. The molecule has 2 heterocycles. The van der Waals surface area contributed by atoms with Crippen LogP contribution in [0.1, 0.15) is 12.8 Å². The predicted molar refractivity (Wildman–Crippen MR) is 60.9 cm³/mol. The maximum Gasteiger partial charge on any atom is 0.306 e. The summed E-state index contributed by atoms with van der Waals surface area (Å²) < 4.78 is 10.5. The van der Waals surface area contributed by atoms with Crippen molar-refractivity contribution < 1.29 is 24.2 Å². The molecule has 2 atom stereocenters. The van der Waals surface area contributed by atoms with Crippen molar-refractivity contribution in [3.8, 4) is 0 Å². The number of hydrogen-bond donors (Lipinski definition) is 2. The summed E-state index contributed by atoms with van der Waals surface area (Å²) in [7, 11) is 0. The Morgan fingerprint density at radius 3 is 2.83 bits per heavy atom. The molecule has 0 aliphatic carbocycles. The van der Waals surface area contributed by atoms with Gasteiger partial charge >= 0.3 is 5.97 Å². The molecule has 3 N–H and O–H groups in total. The van der Waals surface area contributed by atoms with Gasteiger partial charge < -0.3 is 25.2 Å². The normalized spacial score (nSPS) is 32.5. The Bertz CT molecular complexity index is 340. The molecular weight excluding hydrogens is 240 g/mol. The summed E-state index contributed by atoms with van der Waals surface area (Å²) in [6.07, 6.45) is -0.0453. The lowest BCUT2D eigenvalue weighted by Crippen LogP contribution is -2.59.